The van der Waals surface area contributed by atoms with Crippen molar-refractivity contribution in [3.8, 4) is 0 Å². The van der Waals surface area contributed by atoms with Crippen molar-refractivity contribution in [1.29, 1.82) is 0 Å². The number of hydrogen-bond acceptors (Lipinski definition) is 7. The smallest absolute Gasteiger partial charge is 0.322 e. The molecule has 23 heavy (non-hydrogen) atoms. The van der Waals surface area contributed by atoms with Crippen molar-refractivity contribution in [3.05, 3.63) is 0 Å². The molecule has 0 fully saturated rings. The summed E-state index contributed by atoms with van der Waals surface area (Å²) in [5, 5.41) is 33.2. The molecule has 0 spiro atoms. The van der Waals surface area contributed by atoms with Crippen LogP contribution >= 0.6 is 0 Å². The van der Waals surface area contributed by atoms with Crippen LogP contribution in [0.25, 0.3) is 0 Å². The van der Waals surface area contributed by atoms with Crippen LogP contribution in [0.5, 0.6) is 0 Å². The lowest BCUT2D eigenvalue weighted by Gasteiger charge is -2.23. The fourth-order valence-electron chi connectivity index (χ4n) is 1.43. The van der Waals surface area contributed by atoms with E-state index in [0.29, 0.717) is 0 Å². The van der Waals surface area contributed by atoms with E-state index in [-0.39, 0.29) is 0 Å². The third kappa shape index (κ3) is 7.54. The molecule has 132 valence electrons. The standard InChI is InChI=1S/C12H22N4O7/c1-5(15-11(22)7(13)4-17)10(21)16-9(6(2)18)12(23)14-3-8(19)20/h5-7,9,17-18H,3-4,13H2,1-2H3,(H,14,23)(H,15,22)(H,16,21)(H,19,20). The van der Waals surface area contributed by atoms with Gasteiger partial charge in [0.15, 0.2) is 0 Å². The lowest BCUT2D eigenvalue weighted by molar-refractivity contribution is -0.139. The summed E-state index contributed by atoms with van der Waals surface area (Å²) in [5.74, 6) is -3.73. The van der Waals surface area contributed by atoms with Crippen molar-refractivity contribution in [3.63, 3.8) is 0 Å². The fraction of sp³-hybridized carbons (Fsp3) is 0.667. The number of aliphatic carboxylic acids is 1. The van der Waals surface area contributed by atoms with Gasteiger partial charge in [0.1, 0.15) is 24.7 Å². The van der Waals surface area contributed by atoms with E-state index < -0.39 is 61.1 Å². The normalized spacial score (nSPS) is 15.7. The predicted molar refractivity (Wildman–Crippen MR) is 76.9 cm³/mol. The Labute approximate surface area is 132 Å². The van der Waals surface area contributed by atoms with Gasteiger partial charge in [0.2, 0.25) is 17.7 Å². The first-order valence-corrected chi connectivity index (χ1v) is 6.74. The summed E-state index contributed by atoms with van der Waals surface area (Å²) in [7, 11) is 0. The van der Waals surface area contributed by atoms with Gasteiger partial charge in [0.05, 0.1) is 12.7 Å². The SMILES string of the molecule is CC(NC(=O)C(N)CO)C(=O)NC(C(=O)NCC(=O)O)C(C)O. The molecule has 0 saturated carbocycles. The zero-order valence-corrected chi connectivity index (χ0v) is 12.8. The molecule has 0 aliphatic rings. The van der Waals surface area contributed by atoms with Crippen LogP contribution in [0, 0.1) is 0 Å². The summed E-state index contributed by atoms with van der Waals surface area (Å²) in [4.78, 5) is 45.5. The monoisotopic (exact) mass is 334 g/mol. The van der Waals surface area contributed by atoms with E-state index in [0.717, 1.165) is 0 Å². The third-order valence-corrected chi connectivity index (χ3v) is 2.76. The van der Waals surface area contributed by atoms with Crippen LogP contribution in [0.4, 0.5) is 0 Å². The van der Waals surface area contributed by atoms with Crippen molar-refractivity contribution in [1.82, 2.24) is 16.0 Å². The Balaban J connectivity index is 4.69. The number of nitrogens with two attached hydrogens (primary N) is 1. The average molecular weight is 334 g/mol. The van der Waals surface area contributed by atoms with Gasteiger partial charge in [-0.2, -0.15) is 0 Å². The highest BCUT2D eigenvalue weighted by Gasteiger charge is 2.28. The van der Waals surface area contributed by atoms with E-state index in [1.54, 1.807) is 0 Å². The van der Waals surface area contributed by atoms with Crippen LogP contribution < -0.4 is 21.7 Å². The Bertz CT molecular complexity index is 455. The van der Waals surface area contributed by atoms with Gasteiger partial charge in [-0.1, -0.05) is 0 Å². The molecule has 11 nitrogen and oxygen atoms in total. The maximum Gasteiger partial charge on any atom is 0.322 e. The van der Waals surface area contributed by atoms with Crippen molar-refractivity contribution >= 4 is 23.7 Å². The molecule has 8 N–H and O–H groups in total. The number of carbonyl (C=O) groups is 4. The van der Waals surface area contributed by atoms with Crippen molar-refractivity contribution in [2.24, 2.45) is 5.73 Å². The van der Waals surface area contributed by atoms with Gasteiger partial charge in [-0.15, -0.1) is 0 Å². The van der Waals surface area contributed by atoms with Gasteiger partial charge < -0.3 is 37.0 Å². The van der Waals surface area contributed by atoms with Crippen LogP contribution in [0.3, 0.4) is 0 Å². The molecule has 0 radical (unpaired) electrons. The van der Waals surface area contributed by atoms with Crippen molar-refractivity contribution in [2.45, 2.75) is 38.1 Å². The summed E-state index contributed by atoms with van der Waals surface area (Å²) >= 11 is 0. The molecule has 0 bridgehead atoms. The van der Waals surface area contributed by atoms with E-state index in [2.05, 4.69) is 10.6 Å². The quantitative estimate of drug-likeness (QED) is 0.221. The average Bonchev–Trinajstić information content (AvgIpc) is 2.48. The first-order chi connectivity index (χ1) is 10.6. The molecule has 0 aliphatic carbocycles. The van der Waals surface area contributed by atoms with Crippen LogP contribution in [0.1, 0.15) is 13.8 Å². The van der Waals surface area contributed by atoms with Crippen LogP contribution in [0.15, 0.2) is 0 Å². The molecular weight excluding hydrogens is 312 g/mol. The number of aliphatic hydroxyl groups excluding tert-OH is 2. The number of carbonyl (C=O) groups excluding carboxylic acids is 3. The molecule has 0 aromatic carbocycles. The van der Waals surface area contributed by atoms with E-state index in [4.69, 9.17) is 15.9 Å². The van der Waals surface area contributed by atoms with E-state index >= 15 is 0 Å². The number of hydrogen-bond donors (Lipinski definition) is 7. The summed E-state index contributed by atoms with van der Waals surface area (Å²) < 4.78 is 0. The summed E-state index contributed by atoms with van der Waals surface area (Å²) in [6, 6.07) is -3.68. The number of amides is 3. The first kappa shape index (κ1) is 20.8. The van der Waals surface area contributed by atoms with Gasteiger partial charge in [0.25, 0.3) is 0 Å². The highest BCUT2D eigenvalue weighted by molar-refractivity contribution is 5.93. The van der Waals surface area contributed by atoms with E-state index in [1.807, 2.05) is 5.32 Å². The highest BCUT2D eigenvalue weighted by Crippen LogP contribution is 1.96. The molecule has 11 heteroatoms. The Morgan fingerprint density at radius 2 is 1.61 bits per heavy atom. The van der Waals surface area contributed by atoms with Crippen molar-refractivity contribution < 1.29 is 34.5 Å². The minimum absolute atomic E-state index is 0.603. The fourth-order valence-corrected chi connectivity index (χ4v) is 1.43. The zero-order chi connectivity index (χ0) is 18.2. The summed E-state index contributed by atoms with van der Waals surface area (Å²) in [6.45, 7) is 1.27. The highest BCUT2D eigenvalue weighted by atomic mass is 16.4. The Kier molecular flexibility index (Phi) is 8.77. The van der Waals surface area contributed by atoms with Gasteiger partial charge >= 0.3 is 5.97 Å². The molecule has 3 amide bonds. The minimum Gasteiger partial charge on any atom is -0.480 e. The summed E-state index contributed by atoms with van der Waals surface area (Å²) in [6.07, 6.45) is -1.30. The Morgan fingerprint density at radius 1 is 1.04 bits per heavy atom. The maximum absolute atomic E-state index is 11.9. The molecule has 0 saturated heterocycles. The van der Waals surface area contributed by atoms with Gasteiger partial charge in [-0.05, 0) is 13.8 Å². The molecule has 0 aliphatic heterocycles. The minimum atomic E-state index is -1.40. The summed E-state index contributed by atoms with van der Waals surface area (Å²) in [5.41, 5.74) is 5.28. The van der Waals surface area contributed by atoms with E-state index in [9.17, 15) is 24.3 Å². The second-order valence-electron chi connectivity index (χ2n) is 4.86. The number of carboxylic acid groups (broad SMARTS) is 1. The lowest BCUT2D eigenvalue weighted by atomic mass is 10.1. The second kappa shape index (κ2) is 9.71. The van der Waals surface area contributed by atoms with Gasteiger partial charge in [-0.25, -0.2) is 0 Å². The number of nitrogens with one attached hydrogen (secondary N) is 3. The van der Waals surface area contributed by atoms with Gasteiger partial charge in [0, 0.05) is 0 Å². The molecule has 0 rings (SSSR count). The van der Waals surface area contributed by atoms with Crippen LogP contribution in [-0.2, 0) is 19.2 Å². The van der Waals surface area contributed by atoms with Crippen molar-refractivity contribution in [2.75, 3.05) is 13.2 Å². The molecule has 4 unspecified atom stereocenters. The third-order valence-electron chi connectivity index (χ3n) is 2.76. The molecule has 0 aromatic heterocycles. The topological polar surface area (TPSA) is 191 Å². The molecular formula is C12H22N4O7. The van der Waals surface area contributed by atoms with Gasteiger partial charge in [-0.3, -0.25) is 19.2 Å². The van der Waals surface area contributed by atoms with Crippen LogP contribution in [0.2, 0.25) is 0 Å². The second-order valence-corrected chi connectivity index (χ2v) is 4.86. The van der Waals surface area contributed by atoms with E-state index in [1.165, 1.54) is 13.8 Å². The lowest BCUT2D eigenvalue weighted by Crippen LogP contribution is -2.58. The molecule has 4 atom stereocenters. The zero-order valence-electron chi connectivity index (χ0n) is 12.8. The molecule has 0 aromatic rings. The number of carboxylic acids is 1. The Hall–Kier alpha value is -2.24. The largest absolute Gasteiger partial charge is 0.480 e. The van der Waals surface area contributed by atoms with Crippen LogP contribution in [-0.4, -0.2) is 76.4 Å². The molecule has 0 heterocycles. The predicted octanol–water partition coefficient (Wildman–Crippen LogP) is -4.12. The maximum atomic E-state index is 11.9. The number of rotatable bonds is 9. The number of aliphatic hydroxyl groups is 2. The Morgan fingerprint density at radius 3 is 2.04 bits per heavy atom. The first-order valence-electron chi connectivity index (χ1n) is 6.74.